The number of benzene rings is 1. The highest BCUT2D eigenvalue weighted by molar-refractivity contribution is 9.08. The van der Waals surface area contributed by atoms with Gasteiger partial charge in [-0.15, -0.1) is 11.6 Å². The number of allylic oxidation sites excluding steroid dienone is 1. The van der Waals surface area contributed by atoms with Crippen molar-refractivity contribution in [3.63, 3.8) is 0 Å². The monoisotopic (exact) mass is 258 g/mol. The van der Waals surface area contributed by atoms with Crippen LogP contribution in [0.5, 0.6) is 0 Å². The van der Waals surface area contributed by atoms with E-state index in [1.165, 1.54) is 11.1 Å². The minimum absolute atomic E-state index is 0.690. The van der Waals surface area contributed by atoms with E-state index in [1.807, 2.05) is 0 Å². The van der Waals surface area contributed by atoms with Gasteiger partial charge in [0.1, 0.15) is 0 Å². The van der Waals surface area contributed by atoms with Gasteiger partial charge in [0.25, 0.3) is 0 Å². The zero-order valence-corrected chi connectivity index (χ0v) is 9.68. The van der Waals surface area contributed by atoms with Crippen LogP contribution in [-0.2, 0) is 5.33 Å². The predicted octanol–water partition coefficient (Wildman–Crippen LogP) is 4.22. The molecule has 0 saturated carbocycles. The lowest BCUT2D eigenvalue weighted by Crippen LogP contribution is -1.77. The lowest BCUT2D eigenvalue weighted by atomic mass is 10.1. The molecule has 1 rings (SSSR count). The second kappa shape index (κ2) is 6.22. The van der Waals surface area contributed by atoms with Crippen molar-refractivity contribution in [3.8, 4) is 0 Å². The van der Waals surface area contributed by atoms with Crippen LogP contribution < -0.4 is 0 Å². The molecule has 70 valence electrons. The van der Waals surface area contributed by atoms with Gasteiger partial charge in [-0.05, 0) is 17.5 Å². The Labute approximate surface area is 92.7 Å². The van der Waals surface area contributed by atoms with Crippen LogP contribution in [0, 0.1) is 0 Å². The topological polar surface area (TPSA) is 0 Å². The Morgan fingerprint density at radius 2 is 1.92 bits per heavy atom. The summed E-state index contributed by atoms with van der Waals surface area (Å²) in [4.78, 5) is 0. The summed E-state index contributed by atoms with van der Waals surface area (Å²) >= 11 is 8.97. The van der Waals surface area contributed by atoms with Crippen LogP contribution in [0.2, 0.25) is 0 Å². The molecule has 0 spiro atoms. The van der Waals surface area contributed by atoms with E-state index >= 15 is 0 Å². The molecule has 0 radical (unpaired) electrons. The van der Waals surface area contributed by atoms with Crippen LogP contribution in [0.15, 0.2) is 30.3 Å². The van der Waals surface area contributed by atoms with E-state index in [9.17, 15) is 0 Å². The van der Waals surface area contributed by atoms with Crippen LogP contribution in [0.4, 0.5) is 0 Å². The van der Waals surface area contributed by atoms with Crippen molar-refractivity contribution < 1.29 is 0 Å². The zero-order valence-electron chi connectivity index (χ0n) is 7.34. The van der Waals surface area contributed by atoms with Crippen molar-refractivity contribution in [1.82, 2.24) is 0 Å². The number of halogens is 2. The second-order valence-electron chi connectivity index (χ2n) is 2.76. The first-order chi connectivity index (χ1) is 6.36. The Morgan fingerprint density at radius 3 is 2.46 bits per heavy atom. The summed E-state index contributed by atoms with van der Waals surface area (Å²) < 4.78 is 0. The van der Waals surface area contributed by atoms with E-state index in [2.05, 4.69) is 52.3 Å². The van der Waals surface area contributed by atoms with Crippen LogP contribution in [0.1, 0.15) is 17.5 Å². The summed E-state index contributed by atoms with van der Waals surface area (Å²) in [6.07, 6.45) is 5.12. The molecule has 0 atom stereocenters. The molecule has 1 aromatic rings. The number of rotatable bonds is 4. The molecule has 1 aromatic carbocycles. The van der Waals surface area contributed by atoms with E-state index in [4.69, 9.17) is 11.6 Å². The van der Waals surface area contributed by atoms with Crippen molar-refractivity contribution in [1.29, 1.82) is 0 Å². The van der Waals surface area contributed by atoms with E-state index in [0.717, 1.165) is 11.8 Å². The van der Waals surface area contributed by atoms with E-state index in [0.29, 0.717) is 5.88 Å². The quantitative estimate of drug-likeness (QED) is 0.710. The number of hydrogen-bond acceptors (Lipinski definition) is 0. The molecule has 0 aliphatic rings. The Bertz CT molecular complexity index is 264. The third kappa shape index (κ3) is 3.97. The highest BCUT2D eigenvalue weighted by atomic mass is 79.9. The minimum atomic E-state index is 0.690. The fourth-order valence-electron chi connectivity index (χ4n) is 1.00. The largest absolute Gasteiger partial charge is 0.126 e. The molecular weight excluding hydrogens is 247 g/mol. The maximum absolute atomic E-state index is 5.56. The van der Waals surface area contributed by atoms with Crippen LogP contribution >= 0.6 is 27.5 Å². The molecule has 2 heteroatoms. The Balaban J connectivity index is 2.58. The molecule has 0 aliphatic carbocycles. The normalized spacial score (nSPS) is 10.9. The maximum Gasteiger partial charge on any atom is 0.0283 e. The molecule has 0 aromatic heterocycles. The highest BCUT2D eigenvalue weighted by Gasteiger charge is 1.88. The highest BCUT2D eigenvalue weighted by Crippen LogP contribution is 2.09. The Morgan fingerprint density at radius 1 is 1.23 bits per heavy atom. The molecule has 0 N–H and O–H groups in total. The van der Waals surface area contributed by atoms with E-state index in [-0.39, 0.29) is 0 Å². The van der Waals surface area contributed by atoms with Gasteiger partial charge in [-0.25, -0.2) is 0 Å². The maximum atomic E-state index is 5.56. The average molecular weight is 260 g/mol. The minimum Gasteiger partial charge on any atom is -0.126 e. The fraction of sp³-hybridized carbons (Fsp3) is 0.273. The first kappa shape index (κ1) is 10.8. The van der Waals surface area contributed by atoms with Gasteiger partial charge in [0, 0.05) is 11.2 Å². The number of alkyl halides is 2. The number of hydrogen-bond donors (Lipinski definition) is 0. The average Bonchev–Trinajstić information content (AvgIpc) is 2.19. The van der Waals surface area contributed by atoms with Gasteiger partial charge in [0.05, 0.1) is 0 Å². The smallest absolute Gasteiger partial charge is 0.0283 e. The molecule has 0 saturated heterocycles. The molecule has 0 bridgehead atoms. The van der Waals surface area contributed by atoms with Crippen molar-refractivity contribution >= 4 is 33.6 Å². The van der Waals surface area contributed by atoms with Gasteiger partial charge in [0.2, 0.25) is 0 Å². The third-order valence-electron chi connectivity index (χ3n) is 1.72. The third-order valence-corrected chi connectivity index (χ3v) is 2.59. The van der Waals surface area contributed by atoms with E-state index in [1.54, 1.807) is 0 Å². The molecule has 0 unspecified atom stereocenters. The molecular formula is C11H12BrCl. The van der Waals surface area contributed by atoms with Gasteiger partial charge >= 0.3 is 0 Å². The van der Waals surface area contributed by atoms with Crippen molar-refractivity contribution in [2.24, 2.45) is 0 Å². The molecule has 0 fully saturated rings. The van der Waals surface area contributed by atoms with Crippen LogP contribution in [0.3, 0.4) is 0 Å². The van der Waals surface area contributed by atoms with Crippen LogP contribution in [0.25, 0.3) is 6.08 Å². The van der Waals surface area contributed by atoms with Crippen molar-refractivity contribution in [2.45, 2.75) is 11.8 Å². The van der Waals surface area contributed by atoms with Gasteiger partial charge in [0.15, 0.2) is 0 Å². The molecule has 0 nitrogen and oxygen atoms in total. The standard InChI is InChI=1S/C11H12BrCl/c12-9-11-6-4-10(5-7-11)3-1-2-8-13/h1,3-7H,2,8-9H2. The van der Waals surface area contributed by atoms with E-state index < -0.39 is 0 Å². The lowest BCUT2D eigenvalue weighted by molar-refractivity contribution is 1.24. The summed E-state index contributed by atoms with van der Waals surface area (Å²) in [6, 6.07) is 8.47. The van der Waals surface area contributed by atoms with Crippen molar-refractivity contribution in [2.75, 3.05) is 5.88 Å². The van der Waals surface area contributed by atoms with Gasteiger partial charge in [-0.3, -0.25) is 0 Å². The molecule has 0 heterocycles. The first-order valence-electron chi connectivity index (χ1n) is 4.24. The zero-order chi connectivity index (χ0) is 9.52. The first-order valence-corrected chi connectivity index (χ1v) is 5.90. The lowest BCUT2D eigenvalue weighted by Gasteiger charge is -1.96. The summed E-state index contributed by atoms with van der Waals surface area (Å²) in [5.74, 6) is 0.690. The fourth-order valence-corrected chi connectivity index (χ4v) is 1.50. The second-order valence-corrected chi connectivity index (χ2v) is 3.69. The SMILES string of the molecule is ClCCC=Cc1ccc(CBr)cc1. The Kier molecular flexibility index (Phi) is 5.18. The van der Waals surface area contributed by atoms with Crippen LogP contribution in [-0.4, -0.2) is 5.88 Å². The molecule has 13 heavy (non-hydrogen) atoms. The summed E-state index contributed by atoms with van der Waals surface area (Å²) in [5, 5.41) is 0.915. The summed E-state index contributed by atoms with van der Waals surface area (Å²) in [7, 11) is 0. The van der Waals surface area contributed by atoms with Crippen molar-refractivity contribution in [3.05, 3.63) is 41.5 Å². The Hall–Kier alpha value is -0.270. The van der Waals surface area contributed by atoms with Gasteiger partial charge in [-0.2, -0.15) is 0 Å². The van der Waals surface area contributed by atoms with Gasteiger partial charge < -0.3 is 0 Å². The molecule has 0 amide bonds. The van der Waals surface area contributed by atoms with Gasteiger partial charge in [-0.1, -0.05) is 52.3 Å². The molecule has 0 aliphatic heterocycles. The predicted molar refractivity (Wildman–Crippen MR) is 63.4 cm³/mol. The summed E-state index contributed by atoms with van der Waals surface area (Å²) in [6.45, 7) is 0. The summed E-state index contributed by atoms with van der Waals surface area (Å²) in [5.41, 5.74) is 2.53.